The number of amides is 1. The summed E-state index contributed by atoms with van der Waals surface area (Å²) in [6.45, 7) is 3.28. The van der Waals surface area contributed by atoms with Gasteiger partial charge in [0.25, 0.3) is 6.43 Å². The molecule has 1 unspecified atom stereocenters. The molecule has 2 aliphatic heterocycles. The maximum atomic E-state index is 12.7. The van der Waals surface area contributed by atoms with Crippen LogP contribution >= 0.6 is 0 Å². The third-order valence-electron chi connectivity index (χ3n) is 8.30. The molecule has 3 fully saturated rings. The number of aromatic nitrogens is 3. The molecule has 1 aromatic carbocycles. The van der Waals surface area contributed by atoms with Crippen molar-refractivity contribution in [1.82, 2.24) is 25.4 Å². The van der Waals surface area contributed by atoms with Crippen molar-refractivity contribution in [2.45, 2.75) is 50.5 Å². The van der Waals surface area contributed by atoms with Gasteiger partial charge in [-0.2, -0.15) is 5.10 Å². The minimum Gasteiger partial charge on any atom is -0.472 e. The molecule has 0 radical (unpaired) electrons. The Morgan fingerprint density at radius 2 is 1.77 bits per heavy atom. The summed E-state index contributed by atoms with van der Waals surface area (Å²) in [5, 5.41) is 22.7. The number of hydrogen-bond donors (Lipinski definition) is 2. The number of aliphatic hydroxyl groups is 1. The average Bonchev–Trinajstić information content (AvgIpc) is 3.70. The van der Waals surface area contributed by atoms with Gasteiger partial charge in [-0.3, -0.25) is 15.1 Å². The Labute approximate surface area is 231 Å². The summed E-state index contributed by atoms with van der Waals surface area (Å²) in [7, 11) is 1.88. The highest BCUT2D eigenvalue weighted by atomic mass is 19.3. The number of benzene rings is 1. The van der Waals surface area contributed by atoms with Crippen LogP contribution in [0.5, 0.6) is 5.88 Å². The van der Waals surface area contributed by atoms with E-state index in [-0.39, 0.29) is 23.6 Å². The highest BCUT2D eigenvalue weighted by molar-refractivity contribution is 5.80. The Balaban J connectivity index is 0.986. The van der Waals surface area contributed by atoms with E-state index in [2.05, 4.69) is 49.7 Å². The van der Waals surface area contributed by atoms with E-state index in [1.54, 1.807) is 12.1 Å². The largest absolute Gasteiger partial charge is 0.472 e. The number of halogens is 2. The van der Waals surface area contributed by atoms with Crippen molar-refractivity contribution in [2.24, 2.45) is 5.41 Å². The Bertz CT molecular complexity index is 1340. The van der Waals surface area contributed by atoms with E-state index in [1.807, 2.05) is 18.0 Å². The standard InChI is InChI=1S/C29H32F2N6O3/c1-36-16-28(12-25(36)38)17-37(18-28)21-5-2-19(3-6-21)13-33-27(39)29(10-11-29)23-8-9-24(35-34-23)40-15-20-4-7-22(26(30)31)32-14-20/h2-9,14,26-27,33,39H,10-13,15-18H2,1H3. The normalized spacial score (nSPS) is 19.7. The minimum absolute atomic E-state index is 0.101. The smallest absolute Gasteiger partial charge is 0.280 e. The first-order valence-electron chi connectivity index (χ1n) is 13.4. The van der Waals surface area contributed by atoms with Gasteiger partial charge in [-0.1, -0.05) is 18.2 Å². The molecular weight excluding hydrogens is 518 g/mol. The molecule has 1 spiro atoms. The highest BCUT2D eigenvalue weighted by Crippen LogP contribution is 2.49. The lowest BCUT2D eigenvalue weighted by atomic mass is 9.78. The molecule has 6 rings (SSSR count). The van der Waals surface area contributed by atoms with Gasteiger partial charge in [0.15, 0.2) is 0 Å². The Morgan fingerprint density at radius 3 is 2.35 bits per heavy atom. The monoisotopic (exact) mass is 550 g/mol. The van der Waals surface area contributed by atoms with Crippen LogP contribution in [0, 0.1) is 5.41 Å². The number of anilines is 1. The number of rotatable bonds is 10. The van der Waals surface area contributed by atoms with Crippen molar-refractivity contribution in [3.8, 4) is 5.88 Å². The maximum absolute atomic E-state index is 12.7. The summed E-state index contributed by atoms with van der Waals surface area (Å²) in [4.78, 5) is 19.8. The van der Waals surface area contributed by atoms with Gasteiger partial charge >= 0.3 is 0 Å². The van der Waals surface area contributed by atoms with Gasteiger partial charge in [0.05, 0.1) is 11.1 Å². The SMILES string of the molecule is CN1CC2(CC1=O)CN(c1ccc(CNC(O)C3(c4ccc(OCc5ccc(C(F)F)nc5)nn4)CC3)cc1)C2. The van der Waals surface area contributed by atoms with Gasteiger partial charge < -0.3 is 19.6 Å². The summed E-state index contributed by atoms with van der Waals surface area (Å²) in [5.41, 5.74) is 2.89. The number of alkyl halides is 2. The molecular formula is C29H32F2N6O3. The molecule has 1 aliphatic carbocycles. The molecule has 9 nitrogen and oxygen atoms in total. The summed E-state index contributed by atoms with van der Waals surface area (Å²) >= 11 is 0. The number of likely N-dealkylation sites (tertiary alicyclic amines) is 1. The second-order valence-corrected chi connectivity index (χ2v) is 11.3. The Kier molecular flexibility index (Phi) is 6.87. The maximum Gasteiger partial charge on any atom is 0.280 e. The molecule has 3 aromatic rings. The number of aliphatic hydroxyl groups excluding tert-OH is 1. The molecule has 40 heavy (non-hydrogen) atoms. The Morgan fingerprint density at radius 1 is 1.02 bits per heavy atom. The third-order valence-corrected chi connectivity index (χ3v) is 8.30. The molecule has 1 amide bonds. The first-order chi connectivity index (χ1) is 19.3. The summed E-state index contributed by atoms with van der Waals surface area (Å²) in [6.07, 6.45) is 0.207. The van der Waals surface area contributed by atoms with Crippen LogP contribution in [0.3, 0.4) is 0 Å². The zero-order chi connectivity index (χ0) is 27.9. The molecule has 0 bridgehead atoms. The molecule has 4 heterocycles. The summed E-state index contributed by atoms with van der Waals surface area (Å²) in [5.74, 6) is 0.540. The van der Waals surface area contributed by atoms with Crippen LogP contribution in [0.25, 0.3) is 0 Å². The van der Waals surface area contributed by atoms with Crippen LogP contribution in [0.1, 0.15) is 48.2 Å². The topological polar surface area (TPSA) is 104 Å². The second kappa shape index (κ2) is 10.4. The lowest BCUT2D eigenvalue weighted by Gasteiger charge is -2.48. The molecule has 2 aromatic heterocycles. The van der Waals surface area contributed by atoms with Gasteiger partial charge in [-0.25, -0.2) is 8.78 Å². The van der Waals surface area contributed by atoms with Crippen molar-refractivity contribution in [3.63, 3.8) is 0 Å². The van der Waals surface area contributed by atoms with Crippen LogP contribution in [-0.4, -0.2) is 64.0 Å². The van der Waals surface area contributed by atoms with Gasteiger partial charge in [0, 0.05) is 68.6 Å². The van der Waals surface area contributed by atoms with E-state index in [1.165, 1.54) is 12.3 Å². The van der Waals surface area contributed by atoms with Crippen LogP contribution in [0.15, 0.2) is 54.7 Å². The van der Waals surface area contributed by atoms with E-state index in [4.69, 9.17) is 4.74 Å². The fourth-order valence-electron chi connectivity index (χ4n) is 5.77. The number of ether oxygens (including phenoxy) is 1. The molecule has 1 saturated carbocycles. The number of carbonyl (C=O) groups excluding carboxylic acids is 1. The first-order valence-corrected chi connectivity index (χ1v) is 13.4. The molecule has 210 valence electrons. The Hall–Kier alpha value is -3.70. The van der Waals surface area contributed by atoms with E-state index in [9.17, 15) is 18.7 Å². The van der Waals surface area contributed by atoms with Crippen molar-refractivity contribution in [2.75, 3.05) is 31.6 Å². The molecule has 2 saturated heterocycles. The minimum atomic E-state index is -2.61. The van der Waals surface area contributed by atoms with Crippen LogP contribution in [0.2, 0.25) is 0 Å². The van der Waals surface area contributed by atoms with E-state index in [0.29, 0.717) is 30.1 Å². The van der Waals surface area contributed by atoms with Crippen molar-refractivity contribution in [3.05, 3.63) is 77.2 Å². The lowest BCUT2D eigenvalue weighted by molar-refractivity contribution is -0.126. The summed E-state index contributed by atoms with van der Waals surface area (Å²) in [6, 6.07) is 14.6. The van der Waals surface area contributed by atoms with Crippen molar-refractivity contribution in [1.29, 1.82) is 0 Å². The van der Waals surface area contributed by atoms with Crippen LogP contribution in [-0.2, 0) is 23.4 Å². The van der Waals surface area contributed by atoms with E-state index < -0.39 is 18.1 Å². The fourth-order valence-corrected chi connectivity index (χ4v) is 5.77. The molecule has 1 atom stereocenters. The predicted molar refractivity (Wildman–Crippen MR) is 143 cm³/mol. The highest BCUT2D eigenvalue weighted by Gasteiger charge is 2.52. The lowest BCUT2D eigenvalue weighted by Crippen LogP contribution is -2.57. The van der Waals surface area contributed by atoms with E-state index in [0.717, 1.165) is 43.7 Å². The number of nitrogens with zero attached hydrogens (tertiary/aromatic N) is 5. The van der Waals surface area contributed by atoms with Gasteiger partial charge in [-0.05, 0) is 42.7 Å². The van der Waals surface area contributed by atoms with Crippen molar-refractivity contribution < 1.29 is 23.4 Å². The van der Waals surface area contributed by atoms with Crippen LogP contribution in [0.4, 0.5) is 14.5 Å². The molecule has 11 heteroatoms. The first kappa shape index (κ1) is 26.5. The summed E-state index contributed by atoms with van der Waals surface area (Å²) < 4.78 is 30.9. The average molecular weight is 551 g/mol. The predicted octanol–water partition coefficient (Wildman–Crippen LogP) is 3.20. The number of nitrogens with one attached hydrogen (secondary N) is 1. The second-order valence-electron chi connectivity index (χ2n) is 11.3. The number of pyridine rings is 1. The van der Waals surface area contributed by atoms with Gasteiger partial charge in [0.2, 0.25) is 11.8 Å². The molecule has 2 N–H and O–H groups in total. The van der Waals surface area contributed by atoms with Crippen LogP contribution < -0.4 is 15.0 Å². The number of carbonyl (C=O) groups is 1. The quantitative estimate of drug-likeness (QED) is 0.371. The number of hydrogen-bond acceptors (Lipinski definition) is 8. The van der Waals surface area contributed by atoms with Gasteiger partial charge in [-0.15, -0.1) is 5.10 Å². The third kappa shape index (κ3) is 5.23. The zero-order valence-corrected chi connectivity index (χ0v) is 22.3. The zero-order valence-electron chi connectivity index (χ0n) is 22.3. The van der Waals surface area contributed by atoms with Crippen molar-refractivity contribution >= 4 is 11.6 Å². The van der Waals surface area contributed by atoms with Gasteiger partial charge in [0.1, 0.15) is 18.5 Å². The molecule has 3 aliphatic rings. The fraction of sp³-hybridized carbons (Fsp3) is 0.448. The van der Waals surface area contributed by atoms with E-state index >= 15 is 0 Å².